The second kappa shape index (κ2) is 6.23. The molecule has 4 heteroatoms. The molecular formula is C15H29N3O. The lowest BCUT2D eigenvalue weighted by molar-refractivity contribution is -0.137. The quantitative estimate of drug-likeness (QED) is 0.838. The molecule has 0 spiro atoms. The Morgan fingerprint density at radius 1 is 1.32 bits per heavy atom. The standard InChI is InChI=1S/C15H29N3O/c1-3-13-11-17(2)8-5-9-18(13)14(19)10-15(12-16)6-4-7-15/h13H,3-12,16H2,1-2H3. The van der Waals surface area contributed by atoms with E-state index in [0.29, 0.717) is 24.9 Å². The van der Waals surface area contributed by atoms with Crippen LogP contribution in [0.25, 0.3) is 0 Å². The molecule has 0 aromatic heterocycles. The van der Waals surface area contributed by atoms with Crippen LogP contribution < -0.4 is 5.73 Å². The van der Waals surface area contributed by atoms with Crippen LogP contribution in [0.15, 0.2) is 0 Å². The van der Waals surface area contributed by atoms with Crippen molar-refractivity contribution in [3.05, 3.63) is 0 Å². The van der Waals surface area contributed by atoms with E-state index in [9.17, 15) is 4.79 Å². The minimum absolute atomic E-state index is 0.133. The first-order valence-electron chi connectivity index (χ1n) is 7.78. The molecule has 2 fully saturated rings. The molecule has 1 aliphatic heterocycles. The zero-order chi connectivity index (χ0) is 13.9. The third-order valence-electron chi connectivity index (χ3n) is 5.07. The Kier molecular flexibility index (Phi) is 4.85. The molecule has 0 aromatic carbocycles. The second-order valence-electron chi connectivity index (χ2n) is 6.50. The fourth-order valence-electron chi connectivity index (χ4n) is 3.47. The largest absolute Gasteiger partial charge is 0.338 e. The average Bonchev–Trinajstić information content (AvgIpc) is 2.55. The number of nitrogens with zero attached hydrogens (tertiary/aromatic N) is 2. The van der Waals surface area contributed by atoms with Crippen molar-refractivity contribution in [1.82, 2.24) is 9.80 Å². The van der Waals surface area contributed by atoms with Crippen LogP contribution in [0.1, 0.15) is 45.4 Å². The van der Waals surface area contributed by atoms with Gasteiger partial charge in [0.1, 0.15) is 0 Å². The van der Waals surface area contributed by atoms with Crippen molar-refractivity contribution < 1.29 is 4.79 Å². The van der Waals surface area contributed by atoms with Crippen molar-refractivity contribution in [1.29, 1.82) is 0 Å². The summed E-state index contributed by atoms with van der Waals surface area (Å²) >= 11 is 0. The molecule has 2 aliphatic rings. The number of hydrogen-bond acceptors (Lipinski definition) is 3. The zero-order valence-corrected chi connectivity index (χ0v) is 12.5. The molecule has 1 heterocycles. The first-order chi connectivity index (χ1) is 9.10. The second-order valence-corrected chi connectivity index (χ2v) is 6.50. The smallest absolute Gasteiger partial charge is 0.223 e. The van der Waals surface area contributed by atoms with Gasteiger partial charge in [-0.15, -0.1) is 0 Å². The van der Waals surface area contributed by atoms with E-state index in [1.807, 2.05) is 0 Å². The van der Waals surface area contributed by atoms with Gasteiger partial charge in [-0.3, -0.25) is 4.79 Å². The van der Waals surface area contributed by atoms with Crippen molar-refractivity contribution in [2.24, 2.45) is 11.1 Å². The monoisotopic (exact) mass is 267 g/mol. The summed E-state index contributed by atoms with van der Waals surface area (Å²) in [6.07, 6.45) is 6.33. The van der Waals surface area contributed by atoms with Crippen LogP contribution >= 0.6 is 0 Å². The van der Waals surface area contributed by atoms with Crippen molar-refractivity contribution in [2.75, 3.05) is 33.2 Å². The highest BCUT2D eigenvalue weighted by Crippen LogP contribution is 2.43. The fourth-order valence-corrected chi connectivity index (χ4v) is 3.47. The van der Waals surface area contributed by atoms with Crippen molar-refractivity contribution in [3.8, 4) is 0 Å². The van der Waals surface area contributed by atoms with E-state index < -0.39 is 0 Å². The third kappa shape index (κ3) is 3.29. The maximum absolute atomic E-state index is 12.6. The highest BCUT2D eigenvalue weighted by Gasteiger charge is 2.39. The highest BCUT2D eigenvalue weighted by molar-refractivity contribution is 5.77. The molecule has 1 saturated carbocycles. The minimum atomic E-state index is 0.133. The Bertz CT molecular complexity index is 309. The van der Waals surface area contributed by atoms with Gasteiger partial charge in [-0.25, -0.2) is 0 Å². The lowest BCUT2D eigenvalue weighted by atomic mass is 9.66. The van der Waals surface area contributed by atoms with Crippen LogP contribution in [0.2, 0.25) is 0 Å². The van der Waals surface area contributed by atoms with E-state index in [1.165, 1.54) is 6.42 Å². The van der Waals surface area contributed by atoms with Crippen molar-refractivity contribution in [2.45, 2.75) is 51.5 Å². The lowest BCUT2D eigenvalue weighted by Crippen LogP contribution is -2.48. The van der Waals surface area contributed by atoms with E-state index >= 15 is 0 Å². The molecule has 2 N–H and O–H groups in total. The summed E-state index contributed by atoms with van der Waals surface area (Å²) < 4.78 is 0. The highest BCUT2D eigenvalue weighted by atomic mass is 16.2. The molecule has 1 amide bonds. The first kappa shape index (κ1) is 14.8. The van der Waals surface area contributed by atoms with Gasteiger partial charge in [0.25, 0.3) is 0 Å². The Balaban J connectivity index is 1.99. The maximum atomic E-state index is 12.6. The zero-order valence-electron chi connectivity index (χ0n) is 12.5. The van der Waals surface area contributed by atoms with Crippen molar-refractivity contribution in [3.63, 3.8) is 0 Å². The first-order valence-corrected chi connectivity index (χ1v) is 7.78. The summed E-state index contributed by atoms with van der Waals surface area (Å²) in [5.74, 6) is 0.340. The molecule has 19 heavy (non-hydrogen) atoms. The van der Waals surface area contributed by atoms with Gasteiger partial charge in [-0.05, 0) is 51.2 Å². The number of amides is 1. The molecule has 1 aliphatic carbocycles. The summed E-state index contributed by atoms with van der Waals surface area (Å²) in [5, 5.41) is 0. The summed E-state index contributed by atoms with van der Waals surface area (Å²) in [4.78, 5) is 17.1. The summed E-state index contributed by atoms with van der Waals surface area (Å²) in [6.45, 7) is 5.89. The van der Waals surface area contributed by atoms with E-state index in [0.717, 1.165) is 45.3 Å². The van der Waals surface area contributed by atoms with Gasteiger partial charge in [0.2, 0.25) is 5.91 Å². The fraction of sp³-hybridized carbons (Fsp3) is 0.933. The van der Waals surface area contributed by atoms with Gasteiger partial charge in [-0.1, -0.05) is 13.3 Å². The van der Waals surface area contributed by atoms with Crippen LogP contribution in [-0.2, 0) is 4.79 Å². The molecule has 1 unspecified atom stereocenters. The normalized spacial score (nSPS) is 27.7. The van der Waals surface area contributed by atoms with Crippen molar-refractivity contribution >= 4 is 5.91 Å². The molecule has 1 saturated heterocycles. The third-order valence-corrected chi connectivity index (χ3v) is 5.07. The van der Waals surface area contributed by atoms with E-state index in [4.69, 9.17) is 5.73 Å². The number of likely N-dealkylation sites (N-methyl/N-ethyl adjacent to an activating group) is 1. The van der Waals surface area contributed by atoms with Crippen LogP contribution in [-0.4, -0.2) is 55.0 Å². The molecule has 2 rings (SSSR count). The van der Waals surface area contributed by atoms with E-state index in [-0.39, 0.29) is 5.41 Å². The average molecular weight is 267 g/mol. The number of carbonyl (C=O) groups excluding carboxylic acids is 1. The van der Waals surface area contributed by atoms with E-state index in [2.05, 4.69) is 23.8 Å². The van der Waals surface area contributed by atoms with Crippen LogP contribution in [0, 0.1) is 5.41 Å². The van der Waals surface area contributed by atoms with Gasteiger partial charge in [-0.2, -0.15) is 0 Å². The van der Waals surface area contributed by atoms with Gasteiger partial charge in [0.05, 0.1) is 0 Å². The Hall–Kier alpha value is -0.610. The number of nitrogens with two attached hydrogens (primary N) is 1. The Morgan fingerprint density at radius 2 is 2.05 bits per heavy atom. The molecule has 0 radical (unpaired) electrons. The summed E-state index contributed by atoms with van der Waals surface area (Å²) in [5.41, 5.74) is 6.02. The lowest BCUT2D eigenvalue weighted by Gasteiger charge is -2.42. The number of rotatable bonds is 4. The number of carbonyl (C=O) groups is 1. The summed E-state index contributed by atoms with van der Waals surface area (Å²) in [6, 6.07) is 0.384. The van der Waals surface area contributed by atoms with Crippen LogP contribution in [0.3, 0.4) is 0 Å². The molecule has 0 aromatic rings. The molecule has 4 nitrogen and oxygen atoms in total. The van der Waals surface area contributed by atoms with Crippen LogP contribution in [0.4, 0.5) is 0 Å². The van der Waals surface area contributed by atoms with Crippen LogP contribution in [0.5, 0.6) is 0 Å². The van der Waals surface area contributed by atoms with Gasteiger partial charge in [0, 0.05) is 25.6 Å². The van der Waals surface area contributed by atoms with E-state index in [1.54, 1.807) is 0 Å². The topological polar surface area (TPSA) is 49.6 Å². The Labute approximate surface area is 117 Å². The molecule has 110 valence electrons. The van der Waals surface area contributed by atoms with Gasteiger partial charge in [0.15, 0.2) is 0 Å². The maximum Gasteiger partial charge on any atom is 0.223 e. The minimum Gasteiger partial charge on any atom is -0.338 e. The van der Waals surface area contributed by atoms with Gasteiger partial charge < -0.3 is 15.5 Å². The number of hydrogen-bond donors (Lipinski definition) is 1. The Morgan fingerprint density at radius 3 is 2.58 bits per heavy atom. The molecule has 0 bridgehead atoms. The molecule has 1 atom stereocenters. The molecular weight excluding hydrogens is 238 g/mol. The predicted molar refractivity (Wildman–Crippen MR) is 77.9 cm³/mol. The SMILES string of the molecule is CCC1CN(C)CCCN1C(=O)CC1(CN)CCC1. The van der Waals surface area contributed by atoms with Gasteiger partial charge >= 0.3 is 0 Å². The summed E-state index contributed by atoms with van der Waals surface area (Å²) in [7, 11) is 2.16. The predicted octanol–water partition coefficient (Wildman–Crippen LogP) is 1.45.